The van der Waals surface area contributed by atoms with Gasteiger partial charge in [0.15, 0.2) is 0 Å². The van der Waals surface area contributed by atoms with Gasteiger partial charge in [0.05, 0.1) is 6.42 Å². The fourth-order valence-electron chi connectivity index (χ4n) is 2.16. The Morgan fingerprint density at radius 1 is 1.44 bits per heavy atom. The second-order valence-corrected chi connectivity index (χ2v) is 4.92. The summed E-state index contributed by atoms with van der Waals surface area (Å²) in [6, 6.07) is 0. The van der Waals surface area contributed by atoms with Crippen LogP contribution in [0.4, 0.5) is 0 Å². The first-order valence-electron chi connectivity index (χ1n) is 5.79. The Labute approximate surface area is 96.1 Å². The van der Waals surface area contributed by atoms with Gasteiger partial charge in [-0.1, -0.05) is 31.3 Å². The minimum absolute atomic E-state index is 0.0351. The van der Waals surface area contributed by atoms with Crippen molar-refractivity contribution in [3.05, 3.63) is 0 Å². The molecule has 1 rings (SSSR count). The molecule has 1 aliphatic rings. The predicted octanol–water partition coefficient (Wildman–Crippen LogP) is 1.21. The number of nitrogens with zero attached hydrogens (tertiary/aromatic N) is 1. The molecule has 1 amide bonds. The van der Waals surface area contributed by atoms with Crippen LogP contribution in [0.25, 0.3) is 0 Å². The van der Waals surface area contributed by atoms with E-state index >= 15 is 0 Å². The molecule has 0 bridgehead atoms. The third kappa shape index (κ3) is 4.08. The van der Waals surface area contributed by atoms with Crippen molar-refractivity contribution in [1.82, 2.24) is 5.32 Å². The lowest BCUT2D eigenvalue weighted by atomic mass is 9.76. The molecular weight excluding hydrogens is 206 g/mol. The van der Waals surface area contributed by atoms with E-state index in [2.05, 4.69) is 17.4 Å². The van der Waals surface area contributed by atoms with Crippen LogP contribution >= 0.6 is 0 Å². The minimum atomic E-state index is -0.179. The molecule has 0 aromatic rings. The van der Waals surface area contributed by atoms with Gasteiger partial charge in [-0.3, -0.25) is 4.79 Å². The van der Waals surface area contributed by atoms with Crippen LogP contribution in [0, 0.1) is 5.41 Å². The highest BCUT2D eigenvalue weighted by Gasteiger charge is 2.27. The summed E-state index contributed by atoms with van der Waals surface area (Å²) in [4.78, 5) is 11.4. The number of nitrogens with two attached hydrogens (primary N) is 1. The number of amidine groups is 1. The molecule has 0 spiro atoms. The molecule has 4 N–H and O–H groups in total. The highest BCUT2D eigenvalue weighted by molar-refractivity contribution is 5.98. The number of rotatable bonds is 4. The van der Waals surface area contributed by atoms with Gasteiger partial charge in [-0.15, -0.1) is 0 Å². The number of carbonyl (C=O) groups is 1. The summed E-state index contributed by atoms with van der Waals surface area (Å²) in [6.45, 7) is 2.89. The van der Waals surface area contributed by atoms with Crippen LogP contribution in [-0.4, -0.2) is 23.5 Å². The highest BCUT2D eigenvalue weighted by atomic mass is 16.4. The standard InChI is InChI=1S/C11H21N3O2/c1-11(5-3-2-4-6-11)8-13-10(15)7-9(12)14-16/h16H,2-8H2,1H3,(H2,12,14)(H,13,15). The van der Waals surface area contributed by atoms with Gasteiger partial charge in [-0.05, 0) is 18.3 Å². The molecule has 0 atom stereocenters. The maximum absolute atomic E-state index is 11.4. The molecule has 0 radical (unpaired) electrons. The zero-order valence-corrected chi connectivity index (χ0v) is 9.83. The van der Waals surface area contributed by atoms with Crippen LogP contribution in [0.15, 0.2) is 5.16 Å². The number of hydrogen-bond donors (Lipinski definition) is 3. The Hall–Kier alpha value is -1.26. The number of nitrogens with one attached hydrogen (secondary N) is 1. The first-order valence-corrected chi connectivity index (χ1v) is 5.79. The largest absolute Gasteiger partial charge is 0.409 e. The summed E-state index contributed by atoms with van der Waals surface area (Å²) >= 11 is 0. The molecule has 1 fully saturated rings. The van der Waals surface area contributed by atoms with Crippen LogP contribution < -0.4 is 11.1 Å². The van der Waals surface area contributed by atoms with Crippen molar-refractivity contribution in [1.29, 1.82) is 0 Å². The van der Waals surface area contributed by atoms with Crippen LogP contribution in [0.3, 0.4) is 0 Å². The lowest BCUT2D eigenvalue weighted by Gasteiger charge is -2.33. The number of carbonyl (C=O) groups excluding carboxylic acids is 1. The maximum Gasteiger partial charge on any atom is 0.227 e. The van der Waals surface area contributed by atoms with Gasteiger partial charge in [-0.2, -0.15) is 0 Å². The Balaban J connectivity index is 2.30. The van der Waals surface area contributed by atoms with Crippen LogP contribution in [-0.2, 0) is 4.79 Å². The molecule has 1 aliphatic carbocycles. The molecule has 0 unspecified atom stereocenters. The second kappa shape index (κ2) is 5.72. The monoisotopic (exact) mass is 227 g/mol. The summed E-state index contributed by atoms with van der Waals surface area (Å²) in [5, 5.41) is 14.0. The molecule has 5 nitrogen and oxygen atoms in total. The third-order valence-electron chi connectivity index (χ3n) is 3.24. The Morgan fingerprint density at radius 2 is 2.06 bits per heavy atom. The first kappa shape index (κ1) is 12.8. The van der Waals surface area contributed by atoms with E-state index in [0.29, 0.717) is 6.54 Å². The zero-order valence-electron chi connectivity index (χ0n) is 9.83. The summed E-state index contributed by atoms with van der Waals surface area (Å²) in [6.07, 6.45) is 6.08. The average molecular weight is 227 g/mol. The maximum atomic E-state index is 11.4. The topological polar surface area (TPSA) is 87.7 Å². The minimum Gasteiger partial charge on any atom is -0.409 e. The molecule has 0 aromatic heterocycles. The van der Waals surface area contributed by atoms with E-state index < -0.39 is 0 Å². The molecule has 0 saturated heterocycles. The molecule has 1 saturated carbocycles. The Kier molecular flexibility index (Phi) is 4.58. The smallest absolute Gasteiger partial charge is 0.227 e. The van der Waals surface area contributed by atoms with Gasteiger partial charge in [0.2, 0.25) is 5.91 Å². The van der Waals surface area contributed by atoms with Gasteiger partial charge in [0.25, 0.3) is 0 Å². The van der Waals surface area contributed by atoms with E-state index in [9.17, 15) is 4.79 Å². The lowest BCUT2D eigenvalue weighted by Crippen LogP contribution is -2.38. The third-order valence-corrected chi connectivity index (χ3v) is 3.24. The fraction of sp³-hybridized carbons (Fsp3) is 0.818. The number of amides is 1. The molecule has 0 heterocycles. The van der Waals surface area contributed by atoms with E-state index in [1.54, 1.807) is 0 Å². The zero-order chi connectivity index (χ0) is 12.0. The van der Waals surface area contributed by atoms with Crippen molar-refractivity contribution < 1.29 is 10.0 Å². The van der Waals surface area contributed by atoms with Gasteiger partial charge < -0.3 is 16.3 Å². The summed E-state index contributed by atoms with van der Waals surface area (Å²) in [7, 11) is 0. The lowest BCUT2D eigenvalue weighted by molar-refractivity contribution is -0.120. The first-order chi connectivity index (χ1) is 7.56. The summed E-state index contributed by atoms with van der Waals surface area (Å²) in [5.41, 5.74) is 5.48. The van der Waals surface area contributed by atoms with Gasteiger partial charge in [-0.25, -0.2) is 0 Å². The molecule has 0 aliphatic heterocycles. The molecular formula is C11H21N3O2. The molecule has 16 heavy (non-hydrogen) atoms. The highest BCUT2D eigenvalue weighted by Crippen LogP contribution is 2.34. The van der Waals surface area contributed by atoms with Crippen LogP contribution in [0.2, 0.25) is 0 Å². The van der Waals surface area contributed by atoms with E-state index in [1.807, 2.05) is 0 Å². The van der Waals surface area contributed by atoms with Gasteiger partial charge in [0.1, 0.15) is 5.84 Å². The van der Waals surface area contributed by atoms with E-state index in [1.165, 1.54) is 19.3 Å². The van der Waals surface area contributed by atoms with Crippen molar-refractivity contribution in [3.63, 3.8) is 0 Å². The Bertz CT molecular complexity index is 270. The summed E-state index contributed by atoms with van der Waals surface area (Å²) in [5.74, 6) is -0.228. The molecule has 5 heteroatoms. The normalized spacial score (nSPS) is 20.4. The van der Waals surface area contributed by atoms with Crippen molar-refractivity contribution >= 4 is 11.7 Å². The SMILES string of the molecule is CC1(CNC(=O)CC(N)=NO)CCCCC1. The fourth-order valence-corrected chi connectivity index (χ4v) is 2.16. The van der Waals surface area contributed by atoms with Crippen molar-refractivity contribution in [2.45, 2.75) is 45.4 Å². The summed E-state index contributed by atoms with van der Waals surface area (Å²) < 4.78 is 0. The van der Waals surface area contributed by atoms with Crippen molar-refractivity contribution in [3.8, 4) is 0 Å². The van der Waals surface area contributed by atoms with Crippen molar-refractivity contribution in [2.24, 2.45) is 16.3 Å². The quantitative estimate of drug-likeness (QED) is 0.292. The van der Waals surface area contributed by atoms with Gasteiger partial charge >= 0.3 is 0 Å². The molecule has 92 valence electrons. The average Bonchev–Trinajstić information content (AvgIpc) is 2.27. The van der Waals surface area contributed by atoms with Gasteiger partial charge in [0, 0.05) is 6.54 Å². The number of hydrogen-bond acceptors (Lipinski definition) is 3. The number of oxime groups is 1. The predicted molar refractivity (Wildman–Crippen MR) is 62.2 cm³/mol. The van der Waals surface area contributed by atoms with Crippen LogP contribution in [0.1, 0.15) is 45.4 Å². The Morgan fingerprint density at radius 3 is 2.62 bits per heavy atom. The second-order valence-electron chi connectivity index (χ2n) is 4.92. The van der Waals surface area contributed by atoms with E-state index in [-0.39, 0.29) is 23.6 Å². The molecule has 0 aromatic carbocycles. The van der Waals surface area contributed by atoms with Crippen molar-refractivity contribution in [2.75, 3.05) is 6.54 Å². The van der Waals surface area contributed by atoms with E-state index in [4.69, 9.17) is 10.9 Å². The van der Waals surface area contributed by atoms with Crippen LogP contribution in [0.5, 0.6) is 0 Å². The van der Waals surface area contributed by atoms with E-state index in [0.717, 1.165) is 12.8 Å².